The minimum absolute atomic E-state index is 0.131. The van der Waals surface area contributed by atoms with E-state index < -0.39 is 6.04 Å². The number of nitrogens with one attached hydrogen (secondary N) is 1. The first kappa shape index (κ1) is 22.3. The summed E-state index contributed by atoms with van der Waals surface area (Å²) in [7, 11) is 3.18. The standard InChI is InChI=1S/C23H30N2O4/c1-6-20(23(27)24-4)25(14-18-10-12-19(28-5)13-11-18)22(26)15-29-21-9-7-8-16(2)17(21)3/h7-13,20H,6,14-15H2,1-5H3,(H,24,27). The van der Waals surface area contributed by atoms with Crippen LogP contribution in [0.5, 0.6) is 11.5 Å². The van der Waals surface area contributed by atoms with Crippen molar-refractivity contribution in [1.82, 2.24) is 10.2 Å². The van der Waals surface area contributed by atoms with E-state index in [-0.39, 0.29) is 18.4 Å². The molecule has 0 aliphatic rings. The van der Waals surface area contributed by atoms with Gasteiger partial charge in [0.25, 0.3) is 5.91 Å². The lowest BCUT2D eigenvalue weighted by molar-refractivity contribution is -0.142. The Kier molecular flexibility index (Phi) is 8.07. The van der Waals surface area contributed by atoms with Crippen LogP contribution in [0.25, 0.3) is 0 Å². The first-order chi connectivity index (χ1) is 13.9. The fraction of sp³-hybridized carbons (Fsp3) is 0.391. The lowest BCUT2D eigenvalue weighted by Gasteiger charge is -2.30. The first-order valence-electron chi connectivity index (χ1n) is 9.74. The summed E-state index contributed by atoms with van der Waals surface area (Å²) >= 11 is 0. The summed E-state index contributed by atoms with van der Waals surface area (Å²) in [6.07, 6.45) is 0.505. The summed E-state index contributed by atoms with van der Waals surface area (Å²) in [5.74, 6) is 0.984. The Morgan fingerprint density at radius 2 is 1.79 bits per heavy atom. The molecule has 2 aromatic carbocycles. The Bertz CT molecular complexity index is 833. The number of likely N-dealkylation sites (N-methyl/N-ethyl adjacent to an activating group) is 1. The highest BCUT2D eigenvalue weighted by Gasteiger charge is 2.28. The number of hydrogen-bond donors (Lipinski definition) is 1. The van der Waals surface area contributed by atoms with Gasteiger partial charge in [0.05, 0.1) is 7.11 Å². The molecule has 29 heavy (non-hydrogen) atoms. The molecule has 6 nitrogen and oxygen atoms in total. The molecule has 1 N–H and O–H groups in total. The van der Waals surface area contributed by atoms with Gasteiger partial charge in [-0.2, -0.15) is 0 Å². The molecule has 0 aliphatic heterocycles. The van der Waals surface area contributed by atoms with Crippen molar-refractivity contribution in [3.05, 3.63) is 59.2 Å². The molecule has 0 saturated carbocycles. The largest absolute Gasteiger partial charge is 0.497 e. The molecule has 2 rings (SSSR count). The number of aryl methyl sites for hydroxylation is 1. The van der Waals surface area contributed by atoms with E-state index in [4.69, 9.17) is 9.47 Å². The van der Waals surface area contributed by atoms with Gasteiger partial charge in [-0.25, -0.2) is 0 Å². The molecule has 2 amide bonds. The van der Waals surface area contributed by atoms with Gasteiger partial charge >= 0.3 is 0 Å². The van der Waals surface area contributed by atoms with E-state index in [0.717, 1.165) is 22.4 Å². The van der Waals surface area contributed by atoms with Gasteiger partial charge in [0.1, 0.15) is 17.5 Å². The van der Waals surface area contributed by atoms with Gasteiger partial charge in [0.15, 0.2) is 6.61 Å². The minimum atomic E-state index is -0.572. The van der Waals surface area contributed by atoms with Crippen molar-refractivity contribution in [3.8, 4) is 11.5 Å². The molecule has 0 aromatic heterocycles. The van der Waals surface area contributed by atoms with Gasteiger partial charge in [0.2, 0.25) is 5.91 Å². The quantitative estimate of drug-likeness (QED) is 0.704. The fourth-order valence-electron chi connectivity index (χ4n) is 3.12. The number of ether oxygens (including phenoxy) is 2. The highest BCUT2D eigenvalue weighted by Crippen LogP contribution is 2.21. The fourth-order valence-corrected chi connectivity index (χ4v) is 3.12. The molecule has 0 heterocycles. The van der Waals surface area contributed by atoms with E-state index in [0.29, 0.717) is 18.7 Å². The average Bonchev–Trinajstić information content (AvgIpc) is 2.74. The molecule has 1 atom stereocenters. The number of nitrogens with zero attached hydrogens (tertiary/aromatic N) is 1. The van der Waals surface area contributed by atoms with Crippen LogP contribution in [0.15, 0.2) is 42.5 Å². The van der Waals surface area contributed by atoms with Gasteiger partial charge in [-0.15, -0.1) is 0 Å². The third-order valence-electron chi connectivity index (χ3n) is 5.05. The van der Waals surface area contributed by atoms with Crippen LogP contribution in [-0.4, -0.2) is 43.5 Å². The Labute approximate surface area is 172 Å². The molecule has 0 saturated heterocycles. The van der Waals surface area contributed by atoms with Crippen LogP contribution in [0, 0.1) is 13.8 Å². The van der Waals surface area contributed by atoms with Gasteiger partial charge in [-0.3, -0.25) is 9.59 Å². The van der Waals surface area contributed by atoms with Crippen molar-refractivity contribution < 1.29 is 19.1 Å². The van der Waals surface area contributed by atoms with Crippen molar-refractivity contribution in [2.45, 2.75) is 39.8 Å². The predicted octanol–water partition coefficient (Wildman–Crippen LogP) is 3.24. The van der Waals surface area contributed by atoms with E-state index in [1.54, 1.807) is 19.1 Å². The molecule has 0 bridgehead atoms. The topological polar surface area (TPSA) is 67.9 Å². The van der Waals surface area contributed by atoms with Crippen molar-refractivity contribution in [1.29, 1.82) is 0 Å². The van der Waals surface area contributed by atoms with E-state index in [1.165, 1.54) is 0 Å². The second kappa shape index (κ2) is 10.5. The van der Waals surface area contributed by atoms with Crippen LogP contribution in [0.1, 0.15) is 30.0 Å². The molecule has 2 aromatic rings. The third-order valence-corrected chi connectivity index (χ3v) is 5.05. The Morgan fingerprint density at radius 3 is 2.38 bits per heavy atom. The highest BCUT2D eigenvalue weighted by atomic mass is 16.5. The monoisotopic (exact) mass is 398 g/mol. The zero-order chi connectivity index (χ0) is 21.4. The zero-order valence-corrected chi connectivity index (χ0v) is 17.8. The van der Waals surface area contributed by atoms with E-state index in [9.17, 15) is 9.59 Å². The van der Waals surface area contributed by atoms with Crippen LogP contribution < -0.4 is 14.8 Å². The molecule has 0 fully saturated rings. The molecular weight excluding hydrogens is 368 g/mol. The maximum Gasteiger partial charge on any atom is 0.261 e. The second-order valence-corrected chi connectivity index (χ2v) is 6.89. The first-order valence-corrected chi connectivity index (χ1v) is 9.74. The number of carbonyl (C=O) groups is 2. The highest BCUT2D eigenvalue weighted by molar-refractivity contribution is 5.88. The number of benzene rings is 2. The lowest BCUT2D eigenvalue weighted by Crippen LogP contribution is -2.49. The molecule has 0 radical (unpaired) electrons. The summed E-state index contributed by atoms with van der Waals surface area (Å²) in [5.41, 5.74) is 3.01. The number of carbonyl (C=O) groups excluding carboxylic acids is 2. The van der Waals surface area contributed by atoms with Gasteiger partial charge in [-0.1, -0.05) is 31.2 Å². The molecule has 6 heteroatoms. The van der Waals surface area contributed by atoms with Crippen molar-refractivity contribution in [2.24, 2.45) is 0 Å². The van der Waals surface area contributed by atoms with Gasteiger partial charge in [0, 0.05) is 13.6 Å². The number of rotatable bonds is 9. The summed E-state index contributed by atoms with van der Waals surface area (Å²) in [5, 5.41) is 2.65. The van der Waals surface area contributed by atoms with Crippen LogP contribution in [-0.2, 0) is 16.1 Å². The Balaban J connectivity index is 2.21. The van der Waals surface area contributed by atoms with E-state index in [2.05, 4.69) is 5.32 Å². The Morgan fingerprint density at radius 1 is 1.10 bits per heavy atom. The maximum atomic E-state index is 13.1. The van der Waals surface area contributed by atoms with E-state index in [1.807, 2.05) is 63.2 Å². The van der Waals surface area contributed by atoms with E-state index >= 15 is 0 Å². The second-order valence-electron chi connectivity index (χ2n) is 6.89. The summed E-state index contributed by atoms with van der Waals surface area (Å²) in [6.45, 7) is 6.03. The molecule has 1 unspecified atom stereocenters. The van der Waals surface area contributed by atoms with Gasteiger partial charge in [-0.05, 0) is 55.2 Å². The lowest BCUT2D eigenvalue weighted by atomic mass is 10.1. The van der Waals surface area contributed by atoms with Crippen LogP contribution in [0.4, 0.5) is 0 Å². The molecule has 0 spiro atoms. The van der Waals surface area contributed by atoms with Crippen LogP contribution >= 0.6 is 0 Å². The number of hydrogen-bond acceptors (Lipinski definition) is 4. The van der Waals surface area contributed by atoms with Crippen LogP contribution in [0.2, 0.25) is 0 Å². The number of methoxy groups -OCH3 is 1. The minimum Gasteiger partial charge on any atom is -0.497 e. The van der Waals surface area contributed by atoms with Crippen molar-refractivity contribution in [3.63, 3.8) is 0 Å². The average molecular weight is 399 g/mol. The molecular formula is C23H30N2O4. The third kappa shape index (κ3) is 5.73. The summed E-state index contributed by atoms with van der Waals surface area (Å²) in [4.78, 5) is 27.0. The van der Waals surface area contributed by atoms with Crippen molar-refractivity contribution in [2.75, 3.05) is 20.8 Å². The predicted molar refractivity (Wildman–Crippen MR) is 113 cm³/mol. The normalized spacial score (nSPS) is 11.5. The zero-order valence-electron chi connectivity index (χ0n) is 17.8. The number of amides is 2. The van der Waals surface area contributed by atoms with Crippen molar-refractivity contribution >= 4 is 11.8 Å². The van der Waals surface area contributed by atoms with Crippen LogP contribution in [0.3, 0.4) is 0 Å². The molecule has 0 aliphatic carbocycles. The summed E-state index contributed by atoms with van der Waals surface area (Å²) in [6, 6.07) is 12.6. The molecule has 156 valence electrons. The summed E-state index contributed by atoms with van der Waals surface area (Å²) < 4.78 is 11.0. The smallest absolute Gasteiger partial charge is 0.261 e. The maximum absolute atomic E-state index is 13.1. The van der Waals surface area contributed by atoms with Gasteiger partial charge < -0.3 is 19.7 Å². The SMILES string of the molecule is CCC(C(=O)NC)N(Cc1ccc(OC)cc1)C(=O)COc1cccc(C)c1C. The Hall–Kier alpha value is -3.02.